The lowest BCUT2D eigenvalue weighted by Gasteiger charge is -2.26. The number of hydrogen-bond donors (Lipinski definition) is 2. The first-order valence-corrected chi connectivity index (χ1v) is 13.2. The zero-order valence-corrected chi connectivity index (χ0v) is 21.7. The summed E-state index contributed by atoms with van der Waals surface area (Å²) in [5.41, 5.74) is -1.91. The summed E-state index contributed by atoms with van der Waals surface area (Å²) in [6.45, 7) is 4.83. The molecule has 0 bridgehead atoms. The van der Waals surface area contributed by atoms with Crippen molar-refractivity contribution in [3.63, 3.8) is 0 Å². The second-order valence-electron chi connectivity index (χ2n) is 9.58. The van der Waals surface area contributed by atoms with Gasteiger partial charge in [0.1, 0.15) is 11.3 Å². The van der Waals surface area contributed by atoms with Crippen molar-refractivity contribution in [3.8, 4) is 6.07 Å². The zero-order valence-electron chi connectivity index (χ0n) is 20.9. The smallest absolute Gasteiger partial charge is 0.433 e. The predicted molar refractivity (Wildman–Crippen MR) is 131 cm³/mol. The van der Waals surface area contributed by atoms with Gasteiger partial charge in [-0.05, 0) is 57.0 Å². The molecule has 0 saturated heterocycles. The van der Waals surface area contributed by atoms with Gasteiger partial charge in [0.15, 0.2) is 15.6 Å². The topological polar surface area (TPSA) is 138 Å². The summed E-state index contributed by atoms with van der Waals surface area (Å²) in [5, 5.41) is 14.6. The molecule has 1 aliphatic carbocycles. The van der Waals surface area contributed by atoms with E-state index >= 15 is 0 Å². The van der Waals surface area contributed by atoms with Crippen molar-refractivity contribution in [2.75, 3.05) is 11.6 Å². The highest BCUT2D eigenvalue weighted by Gasteiger charge is 2.36. The van der Waals surface area contributed by atoms with Crippen LogP contribution in [0.4, 0.5) is 23.7 Å². The first-order chi connectivity index (χ1) is 17.5. The highest BCUT2D eigenvalue weighted by atomic mass is 32.2. The van der Waals surface area contributed by atoms with Crippen molar-refractivity contribution < 1.29 is 35.9 Å². The van der Waals surface area contributed by atoms with Crippen molar-refractivity contribution in [2.24, 2.45) is 0 Å². The molecule has 38 heavy (non-hydrogen) atoms. The molecule has 1 aliphatic rings. The number of carbonyl (C=O) groups excluding carboxylic acids is 2. The minimum Gasteiger partial charge on any atom is -0.444 e. The number of pyridine rings is 1. The Hall–Kier alpha value is -3.92. The van der Waals surface area contributed by atoms with E-state index in [2.05, 4.69) is 15.6 Å². The van der Waals surface area contributed by atoms with Crippen LogP contribution >= 0.6 is 0 Å². The van der Waals surface area contributed by atoms with Crippen LogP contribution in [0.25, 0.3) is 0 Å². The summed E-state index contributed by atoms with van der Waals surface area (Å²) in [6, 6.07) is 6.31. The van der Waals surface area contributed by atoms with Gasteiger partial charge in [0.2, 0.25) is 0 Å². The third kappa shape index (κ3) is 6.89. The third-order valence-corrected chi connectivity index (χ3v) is 6.53. The summed E-state index contributed by atoms with van der Waals surface area (Å²) >= 11 is 0. The number of ketones is 1. The molecule has 1 atom stereocenters. The third-order valence-electron chi connectivity index (χ3n) is 5.38. The molecule has 2 aromatic rings. The number of nitriles is 1. The highest BCUT2D eigenvalue weighted by molar-refractivity contribution is 7.90. The number of ether oxygens (including phenoxy) is 1. The van der Waals surface area contributed by atoms with Gasteiger partial charge in [-0.15, -0.1) is 0 Å². The van der Waals surface area contributed by atoms with Gasteiger partial charge in [-0.2, -0.15) is 18.4 Å². The monoisotopic (exact) mass is 550 g/mol. The van der Waals surface area contributed by atoms with Crippen LogP contribution in [0.3, 0.4) is 0 Å². The van der Waals surface area contributed by atoms with Crippen molar-refractivity contribution in [1.29, 1.82) is 5.26 Å². The van der Waals surface area contributed by atoms with Crippen LogP contribution in [-0.4, -0.2) is 37.1 Å². The van der Waals surface area contributed by atoms with Crippen molar-refractivity contribution >= 4 is 27.4 Å². The van der Waals surface area contributed by atoms with Crippen LogP contribution in [0, 0.1) is 11.3 Å². The molecule has 202 valence electrons. The fourth-order valence-electron chi connectivity index (χ4n) is 3.87. The van der Waals surface area contributed by atoms with Crippen LogP contribution in [0.2, 0.25) is 0 Å². The van der Waals surface area contributed by atoms with Gasteiger partial charge >= 0.3 is 12.3 Å². The molecule has 1 amide bonds. The van der Waals surface area contributed by atoms with Gasteiger partial charge in [0, 0.05) is 35.8 Å². The fourth-order valence-corrected chi connectivity index (χ4v) is 4.83. The largest absolute Gasteiger partial charge is 0.444 e. The molecule has 0 spiro atoms. The van der Waals surface area contributed by atoms with E-state index in [9.17, 15) is 36.4 Å². The van der Waals surface area contributed by atoms with E-state index in [1.807, 2.05) is 6.07 Å². The minimum atomic E-state index is -4.70. The number of allylic oxidation sites excluding steroid dienone is 1. The number of halogens is 3. The lowest BCUT2D eigenvalue weighted by molar-refractivity contribution is -0.141. The van der Waals surface area contributed by atoms with Gasteiger partial charge in [0.25, 0.3) is 0 Å². The Kier molecular flexibility index (Phi) is 7.88. The van der Waals surface area contributed by atoms with Crippen LogP contribution in [-0.2, 0) is 25.5 Å². The molecule has 1 heterocycles. The summed E-state index contributed by atoms with van der Waals surface area (Å²) in [6.07, 6.45) is -3.73. The molecule has 0 radical (unpaired) electrons. The fraction of sp³-hybridized carbons (Fsp3) is 0.360. The van der Waals surface area contributed by atoms with E-state index in [1.54, 1.807) is 20.8 Å². The molecular formula is C25H25F3N4O5S. The Labute approximate surface area is 217 Å². The maximum Gasteiger partial charge on any atom is 0.433 e. The minimum absolute atomic E-state index is 0.00583. The quantitative estimate of drug-likeness (QED) is 0.529. The molecule has 2 N–H and O–H groups in total. The van der Waals surface area contributed by atoms with Crippen LogP contribution in [0.15, 0.2) is 52.7 Å². The first-order valence-electron chi connectivity index (χ1n) is 11.3. The number of carbonyl (C=O) groups is 2. The number of alkyl halides is 3. The van der Waals surface area contributed by atoms with Crippen molar-refractivity contribution in [1.82, 2.24) is 10.3 Å². The summed E-state index contributed by atoms with van der Waals surface area (Å²) in [4.78, 5) is 28.9. The molecule has 0 saturated carbocycles. The van der Waals surface area contributed by atoms with Crippen molar-refractivity contribution in [3.05, 3.63) is 64.6 Å². The Morgan fingerprint density at radius 3 is 2.42 bits per heavy atom. The maximum atomic E-state index is 13.2. The molecule has 0 fully saturated rings. The van der Waals surface area contributed by atoms with E-state index in [4.69, 9.17) is 4.74 Å². The molecule has 1 aromatic carbocycles. The number of sulfone groups is 1. The predicted octanol–water partition coefficient (Wildman–Crippen LogP) is 4.67. The second-order valence-corrected chi connectivity index (χ2v) is 11.6. The van der Waals surface area contributed by atoms with E-state index in [-0.39, 0.29) is 45.8 Å². The van der Waals surface area contributed by atoms with Gasteiger partial charge in [-0.25, -0.2) is 13.2 Å². The summed E-state index contributed by atoms with van der Waals surface area (Å²) < 4.78 is 70.1. The molecule has 0 aliphatic heterocycles. The molecule has 13 heteroatoms. The average molecular weight is 551 g/mol. The van der Waals surface area contributed by atoms with Gasteiger partial charge < -0.3 is 15.4 Å². The number of rotatable bonds is 6. The van der Waals surface area contributed by atoms with Gasteiger partial charge in [-0.1, -0.05) is 6.07 Å². The Morgan fingerprint density at radius 2 is 1.84 bits per heavy atom. The number of nitrogens with one attached hydrogen (secondary N) is 2. The van der Waals surface area contributed by atoms with Gasteiger partial charge in [-0.3, -0.25) is 9.78 Å². The second kappa shape index (κ2) is 10.4. The van der Waals surface area contributed by atoms with E-state index in [0.717, 1.165) is 24.6 Å². The number of aromatic nitrogens is 1. The van der Waals surface area contributed by atoms with E-state index in [0.29, 0.717) is 0 Å². The zero-order chi connectivity index (χ0) is 28.5. The van der Waals surface area contributed by atoms with Crippen molar-refractivity contribution in [2.45, 2.75) is 56.3 Å². The molecule has 1 unspecified atom stereocenters. The number of anilines is 1. The number of amides is 1. The number of nitrogens with zero attached hydrogens (tertiary/aromatic N) is 2. The van der Waals surface area contributed by atoms with Crippen LogP contribution in [0.1, 0.15) is 56.5 Å². The first kappa shape index (κ1) is 28.6. The lowest BCUT2D eigenvalue weighted by atomic mass is 9.95. The van der Waals surface area contributed by atoms with Crippen LogP contribution in [0.5, 0.6) is 0 Å². The Bertz CT molecular complexity index is 1450. The van der Waals surface area contributed by atoms with E-state index < -0.39 is 45.2 Å². The van der Waals surface area contributed by atoms with Gasteiger partial charge in [0.05, 0.1) is 22.6 Å². The summed E-state index contributed by atoms with van der Waals surface area (Å²) in [7, 11) is -3.96. The molecule has 1 aromatic heterocycles. The summed E-state index contributed by atoms with van der Waals surface area (Å²) in [5.74, 6) is -0.456. The Balaban J connectivity index is 2.19. The van der Waals surface area contributed by atoms with E-state index in [1.165, 1.54) is 18.2 Å². The molecule has 3 rings (SSSR count). The van der Waals surface area contributed by atoms with Crippen LogP contribution < -0.4 is 10.6 Å². The lowest BCUT2D eigenvalue weighted by Crippen LogP contribution is -2.37. The maximum absolute atomic E-state index is 13.2. The number of hydrogen-bond acceptors (Lipinski definition) is 8. The number of Topliss-reactive ketones (excluding diaryl/α,β-unsaturated/α-hetero) is 1. The number of benzene rings is 1. The molecule has 9 nitrogen and oxygen atoms in total. The average Bonchev–Trinajstić information content (AvgIpc) is 3.14. The standard InChI is InChI=1S/C25H25F3N4O5S/c1-24(2,3)37-23(34)32-22(16-6-5-14(13-29)11-19(16)38(4,35)36)21-17(7-8-18(21)33)31-15-9-10-30-20(12-15)25(26,27)28/h5-6,9-12,22H,7-8H2,1-4H3,(H,30,31)(H,32,34). The SMILES string of the molecule is CC(C)(C)OC(=O)NC(C1=C(Nc2ccnc(C(F)(F)F)c2)CCC1=O)c1ccc(C#N)cc1S(C)(=O)=O. The number of alkyl carbamates (subject to hydrolysis) is 1. The molecular weight excluding hydrogens is 525 g/mol. The highest BCUT2D eigenvalue weighted by Crippen LogP contribution is 2.37. The Morgan fingerprint density at radius 1 is 1.16 bits per heavy atom. The normalized spacial score (nSPS) is 15.2.